The molecule has 154 valence electrons. The Hall–Kier alpha value is -1.33. The summed E-state index contributed by atoms with van der Waals surface area (Å²) in [5, 5.41) is 13.4. The molecule has 0 aromatic heterocycles. The molecule has 0 bridgehead atoms. The van der Waals surface area contributed by atoms with Gasteiger partial charge in [0, 0.05) is 6.04 Å². The Labute approximate surface area is 163 Å². The van der Waals surface area contributed by atoms with Gasteiger partial charge in [-0.25, -0.2) is 8.42 Å². The number of hydrogen-bond acceptors (Lipinski definition) is 7. The molecule has 2 heterocycles. The minimum Gasteiger partial charge on any atom is -0.394 e. The topological polar surface area (TPSA) is 133 Å². The fraction of sp³-hybridized carbons (Fsp3) is 0.812. The van der Waals surface area contributed by atoms with Crippen LogP contribution < -0.4 is 10.6 Å². The maximum absolute atomic E-state index is 12.9. The first-order valence-electron chi connectivity index (χ1n) is 8.74. The Balaban J connectivity index is 2.21. The van der Waals surface area contributed by atoms with Gasteiger partial charge in [-0.2, -0.15) is 11.8 Å². The molecule has 4 atom stereocenters. The molecule has 0 aliphatic carbocycles. The quantitative estimate of drug-likeness (QED) is 0.422. The second-order valence-corrected chi connectivity index (χ2v) is 11.1. The third kappa shape index (κ3) is 3.81. The molecule has 2 saturated heterocycles. The summed E-state index contributed by atoms with van der Waals surface area (Å²) < 4.78 is 23.8. The van der Waals surface area contributed by atoms with Crippen molar-refractivity contribution >= 4 is 39.3 Å². The van der Waals surface area contributed by atoms with E-state index in [1.54, 1.807) is 6.92 Å². The fourth-order valence-corrected chi connectivity index (χ4v) is 6.00. The summed E-state index contributed by atoms with van der Waals surface area (Å²) in [7, 11) is -3.68. The summed E-state index contributed by atoms with van der Waals surface area (Å²) in [6, 6.07) is -2.53. The summed E-state index contributed by atoms with van der Waals surface area (Å²) in [5.41, 5.74) is 0. The van der Waals surface area contributed by atoms with Crippen LogP contribution in [0.2, 0.25) is 0 Å². The standard InChI is InChI=1S/C16H27N3O6S2/c1-9(8-20)17-14(22)10(5-6-26-4)18-15(23)13-16(2,3)27(24,25)12-7-11(21)19(12)13/h9-10,12-13,20H,5-8H2,1-4H3,(H,17,22)(H,18,23). The number of carbonyl (C=O) groups excluding carboxylic acids is 3. The number of amides is 3. The van der Waals surface area contributed by atoms with Crippen LogP contribution in [0.3, 0.4) is 0 Å². The Morgan fingerprint density at radius 3 is 2.52 bits per heavy atom. The molecular weight excluding hydrogens is 394 g/mol. The van der Waals surface area contributed by atoms with E-state index in [4.69, 9.17) is 5.11 Å². The molecule has 3 N–H and O–H groups in total. The highest BCUT2D eigenvalue weighted by molar-refractivity contribution is 7.98. The maximum atomic E-state index is 12.9. The van der Waals surface area contributed by atoms with Gasteiger partial charge in [-0.05, 0) is 39.2 Å². The zero-order valence-corrected chi connectivity index (χ0v) is 17.5. The first kappa shape index (κ1) is 22.0. The largest absolute Gasteiger partial charge is 0.394 e. The minimum absolute atomic E-state index is 0.111. The van der Waals surface area contributed by atoms with Gasteiger partial charge in [-0.15, -0.1) is 0 Å². The van der Waals surface area contributed by atoms with Crippen molar-refractivity contribution in [1.82, 2.24) is 15.5 Å². The Bertz CT molecular complexity index is 724. The van der Waals surface area contributed by atoms with Crippen molar-refractivity contribution in [2.75, 3.05) is 18.6 Å². The van der Waals surface area contributed by atoms with Gasteiger partial charge in [-0.3, -0.25) is 14.4 Å². The Kier molecular flexibility index (Phi) is 6.48. The smallest absolute Gasteiger partial charge is 0.245 e. The highest BCUT2D eigenvalue weighted by Crippen LogP contribution is 2.45. The molecule has 2 aliphatic rings. The number of hydrogen-bond donors (Lipinski definition) is 3. The van der Waals surface area contributed by atoms with Crippen molar-refractivity contribution in [1.29, 1.82) is 0 Å². The van der Waals surface area contributed by atoms with Gasteiger partial charge in [0.05, 0.1) is 17.8 Å². The van der Waals surface area contributed by atoms with E-state index < -0.39 is 49.9 Å². The first-order valence-corrected chi connectivity index (χ1v) is 11.7. The predicted octanol–water partition coefficient (Wildman–Crippen LogP) is -1.14. The molecule has 0 radical (unpaired) electrons. The molecule has 0 aromatic carbocycles. The van der Waals surface area contributed by atoms with Crippen LogP contribution in [0.15, 0.2) is 0 Å². The average molecular weight is 422 g/mol. The molecule has 3 amide bonds. The fourth-order valence-electron chi connectivity index (χ4n) is 3.40. The lowest BCUT2D eigenvalue weighted by Crippen LogP contribution is -2.62. The number of thioether (sulfide) groups is 1. The zero-order chi connectivity index (χ0) is 20.6. The highest BCUT2D eigenvalue weighted by atomic mass is 32.2. The average Bonchev–Trinajstić information content (AvgIpc) is 2.71. The number of β-lactam (4-membered cyclic amide) rings is 1. The Morgan fingerprint density at radius 1 is 1.37 bits per heavy atom. The second kappa shape index (κ2) is 7.96. The third-order valence-corrected chi connectivity index (χ3v) is 8.57. The number of aliphatic hydroxyl groups excluding tert-OH is 1. The first-order chi connectivity index (χ1) is 12.5. The van der Waals surface area contributed by atoms with Crippen LogP contribution in [-0.4, -0.2) is 83.0 Å². The van der Waals surface area contributed by atoms with Crippen LogP contribution in [0.1, 0.15) is 33.6 Å². The molecular formula is C16H27N3O6S2. The van der Waals surface area contributed by atoms with Crippen molar-refractivity contribution in [3.05, 3.63) is 0 Å². The maximum Gasteiger partial charge on any atom is 0.245 e. The molecule has 0 aromatic rings. The number of nitrogens with one attached hydrogen (secondary N) is 2. The third-order valence-electron chi connectivity index (χ3n) is 5.13. The van der Waals surface area contributed by atoms with Crippen molar-refractivity contribution in [3.8, 4) is 0 Å². The van der Waals surface area contributed by atoms with Crippen LogP contribution in [0.5, 0.6) is 0 Å². The molecule has 0 spiro atoms. The van der Waals surface area contributed by atoms with Crippen LogP contribution in [0.4, 0.5) is 0 Å². The van der Waals surface area contributed by atoms with E-state index in [0.717, 1.165) is 4.90 Å². The van der Waals surface area contributed by atoms with Crippen LogP contribution in [0.25, 0.3) is 0 Å². The van der Waals surface area contributed by atoms with E-state index in [-0.39, 0.29) is 18.9 Å². The van der Waals surface area contributed by atoms with Crippen LogP contribution >= 0.6 is 11.8 Å². The molecule has 9 nitrogen and oxygen atoms in total. The summed E-state index contributed by atoms with van der Waals surface area (Å²) in [6.07, 6.45) is 2.09. The lowest BCUT2D eigenvalue weighted by Gasteiger charge is -2.37. The van der Waals surface area contributed by atoms with Crippen LogP contribution in [0, 0.1) is 0 Å². The van der Waals surface area contributed by atoms with Gasteiger partial charge in [0.1, 0.15) is 17.5 Å². The SMILES string of the molecule is CSCCC(NC(=O)C1N2C(=O)CC2S(=O)(=O)C1(C)C)C(=O)NC(C)CO. The van der Waals surface area contributed by atoms with Gasteiger partial charge in [0.2, 0.25) is 17.7 Å². The lowest BCUT2D eigenvalue weighted by molar-refractivity contribution is -0.150. The molecule has 0 saturated carbocycles. The van der Waals surface area contributed by atoms with E-state index in [1.165, 1.54) is 25.6 Å². The lowest BCUT2D eigenvalue weighted by atomic mass is 9.97. The van der Waals surface area contributed by atoms with E-state index in [0.29, 0.717) is 12.2 Å². The van der Waals surface area contributed by atoms with Crippen molar-refractivity contribution in [2.45, 2.75) is 61.9 Å². The van der Waals surface area contributed by atoms with E-state index in [1.807, 2.05) is 6.26 Å². The van der Waals surface area contributed by atoms with Gasteiger partial charge in [0.15, 0.2) is 9.84 Å². The van der Waals surface area contributed by atoms with E-state index in [9.17, 15) is 22.8 Å². The molecule has 27 heavy (non-hydrogen) atoms. The van der Waals surface area contributed by atoms with Crippen molar-refractivity contribution < 1.29 is 27.9 Å². The summed E-state index contributed by atoms with van der Waals surface area (Å²) in [6.45, 7) is 4.25. The second-order valence-electron chi connectivity index (χ2n) is 7.45. The predicted molar refractivity (Wildman–Crippen MR) is 102 cm³/mol. The number of rotatable bonds is 8. The normalized spacial score (nSPS) is 27.3. The highest BCUT2D eigenvalue weighted by Gasteiger charge is 2.67. The Morgan fingerprint density at radius 2 is 2.00 bits per heavy atom. The summed E-state index contributed by atoms with van der Waals surface area (Å²) in [5.74, 6) is -0.891. The number of sulfone groups is 1. The zero-order valence-electron chi connectivity index (χ0n) is 15.9. The number of nitrogens with zero attached hydrogens (tertiary/aromatic N) is 1. The van der Waals surface area contributed by atoms with Crippen molar-refractivity contribution in [3.63, 3.8) is 0 Å². The van der Waals surface area contributed by atoms with Crippen LogP contribution in [-0.2, 0) is 24.2 Å². The number of carbonyl (C=O) groups is 3. The van der Waals surface area contributed by atoms with Gasteiger partial charge < -0.3 is 20.6 Å². The summed E-state index contributed by atoms with van der Waals surface area (Å²) >= 11 is 1.50. The monoisotopic (exact) mass is 421 g/mol. The molecule has 2 aliphatic heterocycles. The van der Waals surface area contributed by atoms with E-state index in [2.05, 4.69) is 10.6 Å². The summed E-state index contributed by atoms with van der Waals surface area (Å²) in [4.78, 5) is 38.4. The molecule has 11 heteroatoms. The molecule has 2 fully saturated rings. The van der Waals surface area contributed by atoms with Gasteiger partial charge in [0.25, 0.3) is 0 Å². The van der Waals surface area contributed by atoms with Gasteiger partial charge >= 0.3 is 0 Å². The van der Waals surface area contributed by atoms with Crippen molar-refractivity contribution in [2.24, 2.45) is 0 Å². The number of aliphatic hydroxyl groups is 1. The molecule has 2 rings (SSSR count). The van der Waals surface area contributed by atoms with E-state index >= 15 is 0 Å². The van der Waals surface area contributed by atoms with Gasteiger partial charge in [-0.1, -0.05) is 0 Å². The number of fused-ring (bicyclic) bond motifs is 1. The minimum atomic E-state index is -3.68. The molecule has 4 unspecified atom stereocenters.